The van der Waals surface area contributed by atoms with Crippen molar-refractivity contribution in [2.75, 3.05) is 13.2 Å². The molecule has 0 aromatic carbocycles. The van der Waals surface area contributed by atoms with Crippen LogP contribution in [-0.2, 0) is 4.74 Å². The van der Waals surface area contributed by atoms with Crippen LogP contribution >= 0.6 is 0 Å². The van der Waals surface area contributed by atoms with Crippen LogP contribution < -0.4 is 5.73 Å². The number of nitrogens with two attached hydrogens (primary N) is 1. The predicted octanol–water partition coefficient (Wildman–Crippen LogP) is 0.315. The molecular weight excluding hydrogens is 196 g/mol. The number of ether oxygens (including phenoxy) is 1. The number of aliphatic hydroxyl groups is 1. The summed E-state index contributed by atoms with van der Waals surface area (Å²) in [4.78, 5) is 13.2. The van der Waals surface area contributed by atoms with Gasteiger partial charge in [0.15, 0.2) is 0 Å². The fraction of sp³-hybridized carbons (Fsp3) is 0.900. The molecule has 0 bridgehead atoms. The number of hydrogen-bond acceptors (Lipinski definition) is 4. The van der Waals surface area contributed by atoms with E-state index in [4.69, 9.17) is 10.5 Å². The normalized spacial score (nSPS) is 26.9. The lowest BCUT2D eigenvalue weighted by Gasteiger charge is -2.38. The molecule has 1 aliphatic rings. The Labute approximate surface area is 90.2 Å². The van der Waals surface area contributed by atoms with E-state index < -0.39 is 0 Å². The van der Waals surface area contributed by atoms with Crippen LogP contribution in [0.3, 0.4) is 0 Å². The molecule has 1 heterocycles. The highest BCUT2D eigenvalue weighted by Crippen LogP contribution is 2.17. The van der Waals surface area contributed by atoms with Gasteiger partial charge in [0, 0.05) is 12.6 Å². The molecule has 88 valence electrons. The van der Waals surface area contributed by atoms with E-state index in [0.717, 1.165) is 12.8 Å². The van der Waals surface area contributed by atoms with Gasteiger partial charge in [0.2, 0.25) is 0 Å². The Morgan fingerprint density at radius 2 is 2.33 bits per heavy atom. The smallest absolute Gasteiger partial charge is 0.410 e. The molecule has 2 unspecified atom stereocenters. The summed E-state index contributed by atoms with van der Waals surface area (Å²) in [5.74, 6) is 0. The molecule has 1 aliphatic heterocycles. The number of nitrogens with zero attached hydrogens (tertiary/aromatic N) is 1. The van der Waals surface area contributed by atoms with Gasteiger partial charge in [-0.3, -0.25) is 0 Å². The van der Waals surface area contributed by atoms with Crippen molar-refractivity contribution in [3.05, 3.63) is 0 Å². The zero-order chi connectivity index (χ0) is 11.4. The number of likely N-dealkylation sites (tertiary alicyclic amines) is 1. The van der Waals surface area contributed by atoms with Crippen LogP contribution in [0.1, 0.15) is 26.7 Å². The summed E-state index contributed by atoms with van der Waals surface area (Å²) in [7, 11) is 0. The molecule has 0 aromatic rings. The van der Waals surface area contributed by atoms with Gasteiger partial charge in [0.25, 0.3) is 0 Å². The summed E-state index contributed by atoms with van der Waals surface area (Å²) in [5.41, 5.74) is 5.84. The van der Waals surface area contributed by atoms with Crippen LogP contribution in [0.5, 0.6) is 0 Å². The Hall–Kier alpha value is -0.810. The molecule has 2 atom stereocenters. The highest BCUT2D eigenvalue weighted by molar-refractivity contribution is 5.68. The Bertz CT molecular complexity index is 221. The van der Waals surface area contributed by atoms with Gasteiger partial charge < -0.3 is 20.5 Å². The highest BCUT2D eigenvalue weighted by Gasteiger charge is 2.32. The van der Waals surface area contributed by atoms with Gasteiger partial charge in [-0.1, -0.05) is 0 Å². The van der Waals surface area contributed by atoms with Gasteiger partial charge in [-0.05, 0) is 26.7 Å². The minimum absolute atomic E-state index is 0.103. The van der Waals surface area contributed by atoms with Gasteiger partial charge in [-0.25, -0.2) is 4.79 Å². The monoisotopic (exact) mass is 216 g/mol. The molecule has 0 aliphatic carbocycles. The van der Waals surface area contributed by atoms with Crippen molar-refractivity contribution in [1.29, 1.82) is 0 Å². The molecule has 0 radical (unpaired) electrons. The third kappa shape index (κ3) is 3.07. The van der Waals surface area contributed by atoms with Crippen LogP contribution in [0.4, 0.5) is 4.79 Å². The first-order valence-electron chi connectivity index (χ1n) is 5.40. The number of amides is 1. The average molecular weight is 216 g/mol. The number of rotatable bonds is 2. The van der Waals surface area contributed by atoms with E-state index in [9.17, 15) is 9.90 Å². The number of carbonyl (C=O) groups is 1. The lowest BCUT2D eigenvalue weighted by Crippen LogP contribution is -2.56. The van der Waals surface area contributed by atoms with E-state index in [1.165, 1.54) is 4.90 Å². The predicted molar refractivity (Wildman–Crippen MR) is 56.4 cm³/mol. The van der Waals surface area contributed by atoms with Gasteiger partial charge in [-0.2, -0.15) is 0 Å². The quantitative estimate of drug-likeness (QED) is 0.696. The third-order valence-corrected chi connectivity index (χ3v) is 2.59. The second kappa shape index (κ2) is 5.32. The highest BCUT2D eigenvalue weighted by atomic mass is 16.6. The standard InChI is InChI=1S/C10H20N2O3/c1-7(2)15-10(14)12-5-3-4-8(11)9(12)6-13/h7-9,13H,3-6,11H2,1-2H3. The molecular formula is C10H20N2O3. The summed E-state index contributed by atoms with van der Waals surface area (Å²) >= 11 is 0. The van der Waals surface area contributed by atoms with Crippen LogP contribution in [0.25, 0.3) is 0 Å². The van der Waals surface area contributed by atoms with Gasteiger partial charge in [0.05, 0.1) is 18.8 Å². The van der Waals surface area contributed by atoms with Crippen molar-refractivity contribution in [3.63, 3.8) is 0 Å². The lowest BCUT2D eigenvalue weighted by atomic mass is 9.98. The van der Waals surface area contributed by atoms with Gasteiger partial charge >= 0.3 is 6.09 Å². The SMILES string of the molecule is CC(C)OC(=O)N1CCCC(N)C1CO. The van der Waals surface area contributed by atoms with Crippen LogP contribution in [0, 0.1) is 0 Å². The first kappa shape index (κ1) is 12.3. The van der Waals surface area contributed by atoms with Gasteiger partial charge in [-0.15, -0.1) is 0 Å². The van der Waals surface area contributed by atoms with Crippen LogP contribution in [0.2, 0.25) is 0 Å². The molecule has 3 N–H and O–H groups in total. The number of aliphatic hydroxyl groups excluding tert-OH is 1. The maximum Gasteiger partial charge on any atom is 0.410 e. The van der Waals surface area contributed by atoms with Crippen molar-refractivity contribution >= 4 is 6.09 Å². The van der Waals surface area contributed by atoms with Crippen molar-refractivity contribution < 1.29 is 14.6 Å². The maximum atomic E-state index is 11.7. The molecule has 1 fully saturated rings. The van der Waals surface area contributed by atoms with Gasteiger partial charge in [0.1, 0.15) is 0 Å². The molecule has 5 heteroatoms. The fourth-order valence-electron chi connectivity index (χ4n) is 1.82. The third-order valence-electron chi connectivity index (χ3n) is 2.59. The largest absolute Gasteiger partial charge is 0.447 e. The van der Waals surface area contributed by atoms with Crippen molar-refractivity contribution in [2.45, 2.75) is 44.9 Å². The minimum atomic E-state index is -0.376. The molecule has 5 nitrogen and oxygen atoms in total. The number of carbonyl (C=O) groups excluding carboxylic acids is 1. The Kier molecular flexibility index (Phi) is 4.35. The number of hydrogen-bond donors (Lipinski definition) is 2. The molecule has 1 rings (SSSR count). The molecule has 0 spiro atoms. The summed E-state index contributed by atoms with van der Waals surface area (Å²) in [6.07, 6.45) is 1.19. The van der Waals surface area contributed by atoms with Crippen LogP contribution in [-0.4, -0.2) is 47.4 Å². The Balaban J connectivity index is 2.61. The zero-order valence-electron chi connectivity index (χ0n) is 9.35. The molecule has 0 saturated carbocycles. The van der Waals surface area contributed by atoms with E-state index >= 15 is 0 Å². The number of piperidine rings is 1. The van der Waals surface area contributed by atoms with E-state index in [2.05, 4.69) is 0 Å². The Morgan fingerprint density at radius 1 is 1.67 bits per heavy atom. The first-order valence-corrected chi connectivity index (χ1v) is 5.40. The summed E-state index contributed by atoms with van der Waals surface area (Å²) in [6.45, 7) is 4.12. The van der Waals surface area contributed by atoms with E-state index in [1.54, 1.807) is 13.8 Å². The zero-order valence-corrected chi connectivity index (χ0v) is 9.35. The molecule has 0 aromatic heterocycles. The molecule has 1 saturated heterocycles. The van der Waals surface area contributed by atoms with E-state index in [-0.39, 0.29) is 30.9 Å². The fourth-order valence-corrected chi connectivity index (χ4v) is 1.82. The van der Waals surface area contributed by atoms with Crippen molar-refractivity contribution in [1.82, 2.24) is 4.90 Å². The maximum absolute atomic E-state index is 11.7. The van der Waals surface area contributed by atoms with E-state index in [1.807, 2.05) is 0 Å². The second-order valence-corrected chi connectivity index (χ2v) is 4.18. The molecule has 1 amide bonds. The Morgan fingerprint density at radius 3 is 2.87 bits per heavy atom. The van der Waals surface area contributed by atoms with E-state index in [0.29, 0.717) is 6.54 Å². The topological polar surface area (TPSA) is 75.8 Å². The van der Waals surface area contributed by atoms with Crippen molar-refractivity contribution in [2.24, 2.45) is 5.73 Å². The minimum Gasteiger partial charge on any atom is -0.447 e. The lowest BCUT2D eigenvalue weighted by molar-refractivity contribution is 0.0316. The summed E-state index contributed by atoms with van der Waals surface area (Å²) in [5, 5.41) is 9.19. The second-order valence-electron chi connectivity index (χ2n) is 4.18. The summed E-state index contributed by atoms with van der Waals surface area (Å²) < 4.78 is 5.09. The molecule has 15 heavy (non-hydrogen) atoms. The summed E-state index contributed by atoms with van der Waals surface area (Å²) in [6, 6.07) is -0.450. The van der Waals surface area contributed by atoms with Crippen LogP contribution in [0.15, 0.2) is 0 Å². The average Bonchev–Trinajstić information content (AvgIpc) is 2.16. The van der Waals surface area contributed by atoms with Crippen molar-refractivity contribution in [3.8, 4) is 0 Å². The first-order chi connectivity index (χ1) is 7.06.